The number of rotatable bonds is 1. The molecule has 2 nitrogen and oxygen atoms in total. The van der Waals surface area contributed by atoms with Crippen molar-refractivity contribution in [2.45, 2.75) is 25.1 Å². The quantitative estimate of drug-likeness (QED) is 0.699. The highest BCUT2D eigenvalue weighted by atomic mass is 79.9. The Hall–Kier alpha value is -0.610. The van der Waals surface area contributed by atoms with Gasteiger partial charge in [-0.3, -0.25) is 4.79 Å². The van der Waals surface area contributed by atoms with E-state index in [1.165, 1.54) is 12.1 Å². The summed E-state index contributed by atoms with van der Waals surface area (Å²) in [6.07, 6.45) is 0.881. The van der Waals surface area contributed by atoms with E-state index >= 15 is 0 Å². The Morgan fingerprint density at radius 3 is 2.84 bits per heavy atom. The SMILES string of the molecule is CC1(C)CN(C(=O)c2cccc(F)c2Cl)CCC1Br. The molecule has 0 radical (unpaired) electrons. The lowest BCUT2D eigenvalue weighted by Crippen LogP contribution is -2.48. The van der Waals surface area contributed by atoms with E-state index in [1.54, 1.807) is 11.0 Å². The van der Waals surface area contributed by atoms with Crippen LogP contribution in [0.5, 0.6) is 0 Å². The molecule has 0 aromatic heterocycles. The lowest BCUT2D eigenvalue weighted by molar-refractivity contribution is 0.0601. The molecular formula is C14H16BrClFNO. The Morgan fingerprint density at radius 1 is 1.53 bits per heavy atom. The molecule has 1 atom stereocenters. The largest absolute Gasteiger partial charge is 0.338 e. The van der Waals surface area contributed by atoms with Gasteiger partial charge in [0.1, 0.15) is 5.82 Å². The highest BCUT2D eigenvalue weighted by Crippen LogP contribution is 2.35. The van der Waals surface area contributed by atoms with E-state index in [1.807, 2.05) is 0 Å². The minimum atomic E-state index is -0.554. The fourth-order valence-corrected chi connectivity index (χ4v) is 2.90. The first kappa shape index (κ1) is 14.8. The molecule has 1 aliphatic heterocycles. The van der Waals surface area contributed by atoms with Crippen LogP contribution in [0.15, 0.2) is 18.2 Å². The van der Waals surface area contributed by atoms with Crippen molar-refractivity contribution in [1.29, 1.82) is 0 Å². The number of halogens is 3. The lowest BCUT2D eigenvalue weighted by atomic mass is 9.84. The van der Waals surface area contributed by atoms with Gasteiger partial charge in [0.25, 0.3) is 5.91 Å². The fourth-order valence-electron chi connectivity index (χ4n) is 2.34. The van der Waals surface area contributed by atoms with Crippen LogP contribution in [-0.4, -0.2) is 28.7 Å². The van der Waals surface area contributed by atoms with Crippen LogP contribution in [0, 0.1) is 11.2 Å². The Bertz CT molecular complexity index is 506. The van der Waals surface area contributed by atoms with Gasteiger partial charge in [-0.1, -0.05) is 47.4 Å². The second kappa shape index (κ2) is 5.41. The average molecular weight is 349 g/mol. The van der Waals surface area contributed by atoms with Gasteiger partial charge in [0, 0.05) is 17.9 Å². The van der Waals surface area contributed by atoms with E-state index in [-0.39, 0.29) is 21.9 Å². The van der Waals surface area contributed by atoms with Gasteiger partial charge in [0.15, 0.2) is 0 Å². The van der Waals surface area contributed by atoms with Crippen LogP contribution in [0.1, 0.15) is 30.6 Å². The molecule has 0 bridgehead atoms. The van der Waals surface area contributed by atoms with Crippen molar-refractivity contribution in [3.63, 3.8) is 0 Å². The summed E-state index contributed by atoms with van der Waals surface area (Å²) >= 11 is 9.52. The number of alkyl halides is 1. The second-order valence-electron chi connectivity index (χ2n) is 5.57. The van der Waals surface area contributed by atoms with Crippen molar-refractivity contribution in [3.05, 3.63) is 34.6 Å². The number of hydrogen-bond acceptors (Lipinski definition) is 1. The van der Waals surface area contributed by atoms with Gasteiger partial charge in [-0.25, -0.2) is 4.39 Å². The number of nitrogens with zero attached hydrogens (tertiary/aromatic N) is 1. The van der Waals surface area contributed by atoms with Crippen LogP contribution in [0.4, 0.5) is 4.39 Å². The minimum Gasteiger partial charge on any atom is -0.338 e. The predicted octanol–water partition coefficient (Wildman–Crippen LogP) is 4.11. The monoisotopic (exact) mass is 347 g/mol. The summed E-state index contributed by atoms with van der Waals surface area (Å²) in [7, 11) is 0. The molecule has 0 N–H and O–H groups in total. The van der Waals surface area contributed by atoms with Crippen molar-refractivity contribution in [3.8, 4) is 0 Å². The molecule has 1 aromatic rings. The molecule has 1 saturated heterocycles. The van der Waals surface area contributed by atoms with Crippen molar-refractivity contribution in [2.75, 3.05) is 13.1 Å². The molecule has 0 aliphatic carbocycles. The van der Waals surface area contributed by atoms with Crippen LogP contribution in [0.2, 0.25) is 5.02 Å². The number of benzene rings is 1. The third-order valence-electron chi connectivity index (χ3n) is 3.57. The second-order valence-corrected chi connectivity index (χ2v) is 7.06. The van der Waals surface area contributed by atoms with Crippen molar-refractivity contribution >= 4 is 33.4 Å². The first-order valence-corrected chi connectivity index (χ1v) is 7.49. The number of carbonyl (C=O) groups excluding carboxylic acids is 1. The van der Waals surface area contributed by atoms with Gasteiger partial charge in [0.05, 0.1) is 10.6 Å². The summed E-state index contributed by atoms with van der Waals surface area (Å²) in [5, 5.41) is -0.0914. The molecule has 0 spiro atoms. The van der Waals surface area contributed by atoms with Crippen LogP contribution in [0.3, 0.4) is 0 Å². The smallest absolute Gasteiger partial charge is 0.255 e. The number of likely N-dealkylation sites (tertiary alicyclic amines) is 1. The highest BCUT2D eigenvalue weighted by molar-refractivity contribution is 9.09. The van der Waals surface area contributed by atoms with Crippen LogP contribution in [0.25, 0.3) is 0 Å². The molecule has 104 valence electrons. The lowest BCUT2D eigenvalue weighted by Gasteiger charge is -2.41. The maximum absolute atomic E-state index is 13.4. The maximum atomic E-state index is 13.4. The van der Waals surface area contributed by atoms with Gasteiger partial charge in [-0.2, -0.15) is 0 Å². The molecule has 1 amide bonds. The van der Waals surface area contributed by atoms with Crippen molar-refractivity contribution in [1.82, 2.24) is 4.90 Å². The number of hydrogen-bond donors (Lipinski definition) is 0. The zero-order chi connectivity index (χ0) is 14.2. The molecule has 1 heterocycles. The zero-order valence-corrected chi connectivity index (χ0v) is 13.3. The summed E-state index contributed by atoms with van der Waals surface area (Å²) in [5.41, 5.74) is 0.235. The third kappa shape index (κ3) is 2.95. The van der Waals surface area contributed by atoms with Crippen LogP contribution in [-0.2, 0) is 0 Å². The van der Waals surface area contributed by atoms with Gasteiger partial charge in [-0.15, -0.1) is 0 Å². The van der Waals surface area contributed by atoms with E-state index in [0.717, 1.165) is 6.42 Å². The van der Waals surface area contributed by atoms with Gasteiger partial charge in [-0.05, 0) is 24.0 Å². The molecule has 2 rings (SSSR count). The Morgan fingerprint density at radius 2 is 2.21 bits per heavy atom. The Kier molecular flexibility index (Phi) is 4.21. The van der Waals surface area contributed by atoms with E-state index in [4.69, 9.17) is 11.6 Å². The topological polar surface area (TPSA) is 20.3 Å². The summed E-state index contributed by atoms with van der Waals surface area (Å²) in [6.45, 7) is 5.51. The first-order chi connectivity index (χ1) is 8.83. The summed E-state index contributed by atoms with van der Waals surface area (Å²) in [6, 6.07) is 4.34. The molecule has 0 saturated carbocycles. The van der Waals surface area contributed by atoms with E-state index in [2.05, 4.69) is 29.8 Å². The van der Waals surface area contributed by atoms with Gasteiger partial charge < -0.3 is 4.90 Å². The molecule has 1 aromatic carbocycles. The maximum Gasteiger partial charge on any atom is 0.255 e. The number of piperidine rings is 1. The molecular weight excluding hydrogens is 333 g/mol. The van der Waals surface area contributed by atoms with Crippen molar-refractivity contribution in [2.24, 2.45) is 5.41 Å². The van der Waals surface area contributed by atoms with Crippen molar-refractivity contribution < 1.29 is 9.18 Å². The van der Waals surface area contributed by atoms with Crippen LogP contribution >= 0.6 is 27.5 Å². The third-order valence-corrected chi connectivity index (χ3v) is 5.65. The predicted molar refractivity (Wildman–Crippen MR) is 78.4 cm³/mol. The Labute approximate surface area is 126 Å². The van der Waals surface area contributed by atoms with E-state index in [9.17, 15) is 9.18 Å². The Balaban J connectivity index is 2.23. The fraction of sp³-hybridized carbons (Fsp3) is 0.500. The molecule has 19 heavy (non-hydrogen) atoms. The van der Waals surface area contributed by atoms with Gasteiger partial charge in [0.2, 0.25) is 0 Å². The van der Waals surface area contributed by atoms with Gasteiger partial charge >= 0.3 is 0 Å². The van der Waals surface area contributed by atoms with E-state index in [0.29, 0.717) is 17.9 Å². The number of amides is 1. The molecule has 1 fully saturated rings. The normalized spacial score (nSPS) is 22.4. The highest BCUT2D eigenvalue weighted by Gasteiger charge is 2.36. The molecule has 5 heteroatoms. The molecule has 1 aliphatic rings. The number of carbonyl (C=O) groups is 1. The summed E-state index contributed by atoms with van der Waals surface area (Å²) in [4.78, 5) is 14.6. The molecule has 1 unspecified atom stereocenters. The zero-order valence-electron chi connectivity index (χ0n) is 10.9. The van der Waals surface area contributed by atoms with Crippen LogP contribution < -0.4 is 0 Å². The first-order valence-electron chi connectivity index (χ1n) is 6.20. The summed E-state index contributed by atoms with van der Waals surface area (Å²) in [5.74, 6) is -0.751. The van der Waals surface area contributed by atoms with E-state index < -0.39 is 5.82 Å². The summed E-state index contributed by atoms with van der Waals surface area (Å²) < 4.78 is 13.4. The average Bonchev–Trinajstić information content (AvgIpc) is 2.35. The minimum absolute atomic E-state index is 0.00624. The standard InChI is InChI=1S/C14H16BrClFNO/c1-14(2)8-18(7-6-11(14)15)13(19)9-4-3-5-10(17)12(9)16/h3-5,11H,6-8H2,1-2H3.